The maximum Gasteiger partial charge on any atom is 0.245 e. The number of benzene rings is 1. The Balaban J connectivity index is 2.13. The van der Waals surface area contributed by atoms with Gasteiger partial charge in [0.2, 0.25) is 5.91 Å². The molecule has 120 valence electrons. The second kappa shape index (κ2) is 7.94. The van der Waals surface area contributed by atoms with Gasteiger partial charge in [-0.15, -0.1) is 0 Å². The lowest BCUT2D eigenvalue weighted by atomic mass is 10.1. The van der Waals surface area contributed by atoms with Crippen molar-refractivity contribution < 1.29 is 9.53 Å². The Morgan fingerprint density at radius 2 is 2.18 bits per heavy atom. The number of imidazole rings is 1. The molecule has 5 heteroatoms. The standard InChI is InChI=1S/C17H25N3O2/c1-4-13(2)11-20-15-8-6-5-7-14(15)19-16(20)9-10-18-17(21)12-22-3/h5-8,13H,4,9-12H2,1-3H3,(H,18,21). The van der Waals surface area contributed by atoms with Crippen molar-refractivity contribution in [2.24, 2.45) is 5.92 Å². The van der Waals surface area contributed by atoms with E-state index in [0.29, 0.717) is 12.5 Å². The number of amides is 1. The third kappa shape index (κ3) is 4.07. The van der Waals surface area contributed by atoms with E-state index in [4.69, 9.17) is 9.72 Å². The van der Waals surface area contributed by atoms with Crippen LogP contribution in [0.4, 0.5) is 0 Å². The predicted octanol–water partition coefficient (Wildman–Crippen LogP) is 2.39. The molecule has 1 atom stereocenters. The normalized spacial score (nSPS) is 12.5. The highest BCUT2D eigenvalue weighted by Gasteiger charge is 2.12. The van der Waals surface area contributed by atoms with Gasteiger partial charge in [-0.2, -0.15) is 0 Å². The molecule has 2 aromatic rings. The van der Waals surface area contributed by atoms with Crippen LogP contribution < -0.4 is 5.32 Å². The van der Waals surface area contributed by atoms with E-state index in [9.17, 15) is 4.79 Å². The smallest absolute Gasteiger partial charge is 0.245 e. The first-order chi connectivity index (χ1) is 10.7. The summed E-state index contributed by atoms with van der Waals surface area (Å²) in [6.07, 6.45) is 1.86. The molecule has 1 N–H and O–H groups in total. The number of methoxy groups -OCH3 is 1. The molecule has 0 aliphatic rings. The molecule has 0 bridgehead atoms. The van der Waals surface area contributed by atoms with E-state index in [1.165, 1.54) is 12.6 Å². The Labute approximate surface area is 131 Å². The summed E-state index contributed by atoms with van der Waals surface area (Å²) in [5.41, 5.74) is 2.19. The van der Waals surface area contributed by atoms with E-state index in [1.54, 1.807) is 0 Å². The monoisotopic (exact) mass is 303 g/mol. The number of hydrogen-bond acceptors (Lipinski definition) is 3. The van der Waals surface area contributed by atoms with Crippen LogP contribution >= 0.6 is 0 Å². The molecule has 0 saturated heterocycles. The lowest BCUT2D eigenvalue weighted by Crippen LogP contribution is -2.29. The Bertz CT molecular complexity index is 621. The average molecular weight is 303 g/mol. The lowest BCUT2D eigenvalue weighted by Gasteiger charge is -2.14. The molecule has 1 aromatic heterocycles. The van der Waals surface area contributed by atoms with Crippen LogP contribution in [0.15, 0.2) is 24.3 Å². The fourth-order valence-electron chi connectivity index (χ4n) is 2.46. The zero-order valence-corrected chi connectivity index (χ0v) is 13.6. The zero-order chi connectivity index (χ0) is 15.9. The van der Waals surface area contributed by atoms with Gasteiger partial charge < -0.3 is 14.6 Å². The number of carbonyl (C=O) groups excluding carboxylic acids is 1. The van der Waals surface area contributed by atoms with E-state index in [2.05, 4.69) is 29.8 Å². The minimum absolute atomic E-state index is 0.0907. The Morgan fingerprint density at radius 1 is 1.41 bits per heavy atom. The predicted molar refractivity (Wildman–Crippen MR) is 87.8 cm³/mol. The van der Waals surface area contributed by atoms with Crippen molar-refractivity contribution in [3.63, 3.8) is 0 Å². The minimum Gasteiger partial charge on any atom is -0.375 e. The Morgan fingerprint density at radius 3 is 2.91 bits per heavy atom. The van der Waals surface area contributed by atoms with Gasteiger partial charge in [0, 0.05) is 26.6 Å². The van der Waals surface area contributed by atoms with Gasteiger partial charge in [-0.3, -0.25) is 4.79 Å². The fourth-order valence-corrected chi connectivity index (χ4v) is 2.46. The van der Waals surface area contributed by atoms with Crippen molar-refractivity contribution in [3.05, 3.63) is 30.1 Å². The van der Waals surface area contributed by atoms with Gasteiger partial charge in [0.1, 0.15) is 12.4 Å². The Kier molecular flexibility index (Phi) is 5.95. The summed E-state index contributed by atoms with van der Waals surface area (Å²) >= 11 is 0. The third-order valence-electron chi connectivity index (χ3n) is 3.87. The summed E-state index contributed by atoms with van der Waals surface area (Å²) in [6, 6.07) is 8.20. The van der Waals surface area contributed by atoms with Gasteiger partial charge in [-0.1, -0.05) is 32.4 Å². The van der Waals surface area contributed by atoms with Crippen molar-refractivity contribution in [1.82, 2.24) is 14.9 Å². The largest absolute Gasteiger partial charge is 0.375 e. The van der Waals surface area contributed by atoms with E-state index in [1.807, 2.05) is 18.2 Å². The number of fused-ring (bicyclic) bond motifs is 1. The summed E-state index contributed by atoms with van der Waals surface area (Å²) in [4.78, 5) is 16.2. The number of para-hydroxylation sites is 2. The highest BCUT2D eigenvalue weighted by atomic mass is 16.5. The molecule has 1 amide bonds. The number of nitrogens with zero attached hydrogens (tertiary/aromatic N) is 2. The van der Waals surface area contributed by atoms with Gasteiger partial charge in [0.15, 0.2) is 0 Å². The highest BCUT2D eigenvalue weighted by molar-refractivity contribution is 5.77. The molecule has 0 saturated carbocycles. The van der Waals surface area contributed by atoms with Crippen LogP contribution in [0, 0.1) is 5.92 Å². The first kappa shape index (κ1) is 16.5. The molecular weight excluding hydrogens is 278 g/mol. The van der Waals surface area contributed by atoms with Crippen LogP contribution in [-0.4, -0.2) is 35.7 Å². The molecule has 0 radical (unpaired) electrons. The molecule has 0 aliphatic heterocycles. The molecular formula is C17H25N3O2. The van der Waals surface area contributed by atoms with Crippen molar-refractivity contribution >= 4 is 16.9 Å². The van der Waals surface area contributed by atoms with Crippen LogP contribution in [0.25, 0.3) is 11.0 Å². The first-order valence-electron chi connectivity index (χ1n) is 7.85. The molecule has 2 rings (SSSR count). The molecule has 0 aliphatic carbocycles. The lowest BCUT2D eigenvalue weighted by molar-refractivity contribution is -0.124. The molecule has 0 spiro atoms. The zero-order valence-electron chi connectivity index (χ0n) is 13.6. The topological polar surface area (TPSA) is 56.2 Å². The van der Waals surface area contributed by atoms with Crippen molar-refractivity contribution in [2.75, 3.05) is 20.3 Å². The van der Waals surface area contributed by atoms with Gasteiger partial charge in [-0.05, 0) is 18.1 Å². The fraction of sp³-hybridized carbons (Fsp3) is 0.529. The van der Waals surface area contributed by atoms with Crippen LogP contribution in [0.2, 0.25) is 0 Å². The minimum atomic E-state index is -0.0907. The van der Waals surface area contributed by atoms with Crippen LogP contribution in [0.1, 0.15) is 26.1 Å². The number of ether oxygens (including phenoxy) is 1. The van der Waals surface area contributed by atoms with Gasteiger partial charge in [0.05, 0.1) is 11.0 Å². The van der Waals surface area contributed by atoms with E-state index < -0.39 is 0 Å². The summed E-state index contributed by atoms with van der Waals surface area (Å²) in [6.45, 7) is 6.08. The van der Waals surface area contributed by atoms with Crippen molar-refractivity contribution in [1.29, 1.82) is 0 Å². The second-order valence-electron chi connectivity index (χ2n) is 5.67. The van der Waals surface area contributed by atoms with Gasteiger partial charge in [0.25, 0.3) is 0 Å². The SMILES string of the molecule is CCC(C)Cn1c(CCNC(=O)COC)nc2ccccc21. The Hall–Kier alpha value is -1.88. The summed E-state index contributed by atoms with van der Waals surface area (Å²) in [5, 5.41) is 2.85. The van der Waals surface area contributed by atoms with Crippen LogP contribution in [0.3, 0.4) is 0 Å². The summed E-state index contributed by atoms with van der Waals surface area (Å²) < 4.78 is 7.10. The third-order valence-corrected chi connectivity index (χ3v) is 3.87. The average Bonchev–Trinajstić information content (AvgIpc) is 2.85. The van der Waals surface area contributed by atoms with Gasteiger partial charge >= 0.3 is 0 Å². The molecule has 1 heterocycles. The number of nitrogens with one attached hydrogen (secondary N) is 1. The summed E-state index contributed by atoms with van der Waals surface area (Å²) in [5.74, 6) is 1.53. The molecule has 22 heavy (non-hydrogen) atoms. The maximum absolute atomic E-state index is 11.5. The second-order valence-corrected chi connectivity index (χ2v) is 5.67. The maximum atomic E-state index is 11.5. The molecule has 1 aromatic carbocycles. The van der Waals surface area contributed by atoms with Crippen molar-refractivity contribution in [2.45, 2.75) is 33.2 Å². The van der Waals surface area contributed by atoms with E-state index >= 15 is 0 Å². The van der Waals surface area contributed by atoms with Crippen LogP contribution in [-0.2, 0) is 22.5 Å². The van der Waals surface area contributed by atoms with Crippen LogP contribution in [0.5, 0.6) is 0 Å². The molecule has 1 unspecified atom stereocenters. The number of hydrogen-bond donors (Lipinski definition) is 1. The van der Waals surface area contributed by atoms with E-state index in [0.717, 1.165) is 30.7 Å². The van der Waals surface area contributed by atoms with Gasteiger partial charge in [-0.25, -0.2) is 4.98 Å². The quantitative estimate of drug-likeness (QED) is 0.814. The number of carbonyl (C=O) groups is 1. The number of rotatable bonds is 8. The summed E-state index contributed by atoms with van der Waals surface area (Å²) in [7, 11) is 1.52. The van der Waals surface area contributed by atoms with E-state index in [-0.39, 0.29) is 12.5 Å². The molecule has 5 nitrogen and oxygen atoms in total. The van der Waals surface area contributed by atoms with Crippen molar-refractivity contribution in [3.8, 4) is 0 Å². The first-order valence-corrected chi connectivity index (χ1v) is 7.85. The number of aromatic nitrogens is 2. The molecule has 0 fully saturated rings. The highest BCUT2D eigenvalue weighted by Crippen LogP contribution is 2.19.